The summed E-state index contributed by atoms with van der Waals surface area (Å²) in [5.74, 6) is -2.43. The van der Waals surface area contributed by atoms with Crippen molar-refractivity contribution < 1.29 is 38.1 Å². The maximum Gasteiger partial charge on any atom is 0.342 e. The molecule has 0 aliphatic heterocycles. The second-order valence-corrected chi connectivity index (χ2v) is 15.0. The highest BCUT2D eigenvalue weighted by atomic mass is 16.6. The first kappa shape index (κ1) is 39.0. The van der Waals surface area contributed by atoms with Gasteiger partial charge < -0.3 is 24.7 Å². The van der Waals surface area contributed by atoms with Gasteiger partial charge in [0.25, 0.3) is 0 Å². The molecular formula is C33H55N3O8. The first-order chi connectivity index (χ1) is 19.8. The Balaban J connectivity index is 3.52. The fraction of sp³-hybridized carbons (Fsp3) is 0.697. The monoisotopic (exact) mass is 621 g/mol. The molecule has 1 atom stereocenters. The third-order valence-corrected chi connectivity index (χ3v) is 5.60. The predicted molar refractivity (Wildman–Crippen MR) is 168 cm³/mol. The van der Waals surface area contributed by atoms with Crippen molar-refractivity contribution in [2.24, 2.45) is 5.73 Å². The Kier molecular flexibility index (Phi) is 13.6. The summed E-state index contributed by atoms with van der Waals surface area (Å²) >= 11 is 0. The molecule has 0 fully saturated rings. The number of carbonyl (C=O) groups excluding carboxylic acids is 4. The van der Waals surface area contributed by atoms with E-state index in [0.717, 1.165) is 5.56 Å². The van der Waals surface area contributed by atoms with Crippen LogP contribution in [-0.4, -0.2) is 94.5 Å². The Labute approximate surface area is 263 Å². The zero-order chi connectivity index (χ0) is 34.1. The van der Waals surface area contributed by atoms with Gasteiger partial charge in [-0.05, 0) is 88.6 Å². The minimum absolute atomic E-state index is 0.00653. The first-order valence-corrected chi connectivity index (χ1v) is 15.0. The lowest BCUT2D eigenvalue weighted by Crippen LogP contribution is -2.66. The second kappa shape index (κ2) is 15.3. The molecule has 1 aromatic rings. The summed E-state index contributed by atoms with van der Waals surface area (Å²) in [4.78, 5) is 55.6. The van der Waals surface area contributed by atoms with Crippen molar-refractivity contribution in [3.63, 3.8) is 0 Å². The van der Waals surface area contributed by atoms with Crippen LogP contribution in [0.2, 0.25) is 0 Å². The van der Waals surface area contributed by atoms with Crippen molar-refractivity contribution >= 4 is 23.9 Å². The van der Waals surface area contributed by atoms with E-state index in [1.807, 2.05) is 30.3 Å². The molecule has 2 N–H and O–H groups in total. The standard InChI is InChI=1S/C33H55N3O8/c1-29(2,3)41-25(37)21-35(22-26(38)42-30(4,5)6)18-19-36(23-27(39)43-31(7,8)9)33(34,28(40)44-32(10,11)12)20-24-16-14-13-15-17-24/h13-17H,18-23,34H2,1-12H3. The van der Waals surface area contributed by atoms with Crippen molar-refractivity contribution in [1.29, 1.82) is 0 Å². The molecular weight excluding hydrogens is 566 g/mol. The van der Waals surface area contributed by atoms with E-state index in [1.165, 1.54) is 4.90 Å². The molecule has 0 aromatic heterocycles. The van der Waals surface area contributed by atoms with Crippen LogP contribution in [0.4, 0.5) is 0 Å². The maximum atomic E-state index is 13.8. The zero-order valence-corrected chi connectivity index (χ0v) is 28.9. The van der Waals surface area contributed by atoms with Crippen LogP contribution in [0.15, 0.2) is 30.3 Å². The first-order valence-electron chi connectivity index (χ1n) is 15.0. The van der Waals surface area contributed by atoms with Crippen LogP contribution in [0, 0.1) is 0 Å². The minimum atomic E-state index is -1.81. The Morgan fingerprint density at radius 1 is 0.591 bits per heavy atom. The number of hydrogen-bond acceptors (Lipinski definition) is 11. The van der Waals surface area contributed by atoms with Crippen molar-refractivity contribution in [2.75, 3.05) is 32.7 Å². The van der Waals surface area contributed by atoms with E-state index < -0.39 is 51.9 Å². The summed E-state index contributed by atoms with van der Waals surface area (Å²) < 4.78 is 22.3. The Hall–Kier alpha value is -3.02. The number of carbonyl (C=O) groups is 4. The summed E-state index contributed by atoms with van der Waals surface area (Å²) in [6, 6.07) is 9.15. The lowest BCUT2D eigenvalue weighted by atomic mass is 9.97. The molecule has 250 valence electrons. The van der Waals surface area contributed by atoms with Crippen LogP contribution in [0.25, 0.3) is 0 Å². The van der Waals surface area contributed by atoms with E-state index in [1.54, 1.807) is 88.0 Å². The molecule has 44 heavy (non-hydrogen) atoms. The van der Waals surface area contributed by atoms with Gasteiger partial charge in [-0.25, -0.2) is 4.79 Å². The number of esters is 4. The van der Waals surface area contributed by atoms with Crippen LogP contribution in [0.1, 0.15) is 88.6 Å². The molecule has 0 heterocycles. The molecule has 0 amide bonds. The molecule has 0 aliphatic rings. The predicted octanol–water partition coefficient (Wildman–Crippen LogP) is 3.85. The molecule has 1 rings (SSSR count). The molecule has 11 heteroatoms. The lowest BCUT2D eigenvalue weighted by Gasteiger charge is -2.41. The molecule has 0 spiro atoms. The fourth-order valence-electron chi connectivity index (χ4n) is 4.12. The molecule has 1 unspecified atom stereocenters. The van der Waals surface area contributed by atoms with Gasteiger partial charge in [0.05, 0.1) is 19.6 Å². The second-order valence-electron chi connectivity index (χ2n) is 15.0. The average molecular weight is 622 g/mol. The van der Waals surface area contributed by atoms with Gasteiger partial charge in [0.1, 0.15) is 22.4 Å². The quantitative estimate of drug-likeness (QED) is 0.195. The van der Waals surface area contributed by atoms with Gasteiger partial charge >= 0.3 is 23.9 Å². The summed E-state index contributed by atoms with van der Waals surface area (Å²) in [6.45, 7) is 20.1. The summed E-state index contributed by atoms with van der Waals surface area (Å²) in [7, 11) is 0. The highest BCUT2D eigenvalue weighted by Crippen LogP contribution is 2.23. The van der Waals surface area contributed by atoms with E-state index in [9.17, 15) is 19.2 Å². The van der Waals surface area contributed by atoms with E-state index in [2.05, 4.69) is 0 Å². The Morgan fingerprint density at radius 3 is 1.36 bits per heavy atom. The average Bonchev–Trinajstić information content (AvgIpc) is 2.77. The number of nitrogens with zero attached hydrogens (tertiary/aromatic N) is 2. The van der Waals surface area contributed by atoms with E-state index >= 15 is 0 Å². The number of benzene rings is 1. The normalized spacial score (nSPS) is 14.2. The van der Waals surface area contributed by atoms with Crippen molar-refractivity contribution in [3.05, 3.63) is 35.9 Å². The highest BCUT2D eigenvalue weighted by Gasteiger charge is 2.45. The van der Waals surface area contributed by atoms with Crippen LogP contribution in [-0.2, 0) is 44.5 Å². The molecule has 11 nitrogen and oxygen atoms in total. The molecule has 0 saturated carbocycles. The molecule has 1 aromatic carbocycles. The molecule has 0 aliphatic carbocycles. The Morgan fingerprint density at radius 2 is 0.977 bits per heavy atom. The summed E-state index contributed by atoms with van der Waals surface area (Å²) in [6.07, 6.45) is 0.0175. The number of rotatable bonds is 13. The van der Waals surface area contributed by atoms with Crippen LogP contribution >= 0.6 is 0 Å². The van der Waals surface area contributed by atoms with Gasteiger partial charge in [0, 0.05) is 19.5 Å². The third-order valence-electron chi connectivity index (χ3n) is 5.60. The van der Waals surface area contributed by atoms with Crippen molar-refractivity contribution in [2.45, 2.75) is 118 Å². The van der Waals surface area contributed by atoms with Gasteiger partial charge in [-0.1, -0.05) is 30.3 Å². The molecule has 0 saturated heterocycles. The minimum Gasteiger partial charge on any atom is -0.459 e. The topological polar surface area (TPSA) is 138 Å². The number of nitrogens with two attached hydrogens (primary N) is 1. The van der Waals surface area contributed by atoms with Crippen molar-refractivity contribution in [1.82, 2.24) is 9.80 Å². The van der Waals surface area contributed by atoms with Gasteiger partial charge in [-0.3, -0.25) is 24.2 Å². The Bertz CT molecular complexity index is 1080. The lowest BCUT2D eigenvalue weighted by molar-refractivity contribution is -0.174. The van der Waals surface area contributed by atoms with Gasteiger partial charge in [-0.15, -0.1) is 0 Å². The van der Waals surface area contributed by atoms with Crippen LogP contribution < -0.4 is 5.73 Å². The van der Waals surface area contributed by atoms with E-state index in [4.69, 9.17) is 24.7 Å². The van der Waals surface area contributed by atoms with Crippen molar-refractivity contribution in [3.8, 4) is 0 Å². The maximum absolute atomic E-state index is 13.8. The smallest absolute Gasteiger partial charge is 0.342 e. The van der Waals surface area contributed by atoms with Crippen LogP contribution in [0.5, 0.6) is 0 Å². The zero-order valence-electron chi connectivity index (χ0n) is 28.9. The SMILES string of the molecule is CC(C)(C)OC(=O)CN(CCN(CC(=O)OC(C)(C)C)C(N)(Cc1ccccc1)C(=O)OC(C)(C)C)CC(=O)OC(C)(C)C. The number of ether oxygens (including phenoxy) is 4. The largest absolute Gasteiger partial charge is 0.459 e. The third kappa shape index (κ3) is 16.2. The van der Waals surface area contributed by atoms with E-state index in [-0.39, 0.29) is 39.1 Å². The molecule has 0 bridgehead atoms. The summed E-state index contributed by atoms with van der Waals surface area (Å²) in [5, 5.41) is 0. The summed E-state index contributed by atoms with van der Waals surface area (Å²) in [5.41, 5.74) is 2.74. The number of hydrogen-bond donors (Lipinski definition) is 1. The van der Waals surface area contributed by atoms with E-state index in [0.29, 0.717) is 0 Å². The van der Waals surface area contributed by atoms with Gasteiger partial charge in [-0.2, -0.15) is 0 Å². The van der Waals surface area contributed by atoms with Gasteiger partial charge in [0.2, 0.25) is 0 Å². The van der Waals surface area contributed by atoms with Gasteiger partial charge in [0.15, 0.2) is 5.66 Å². The van der Waals surface area contributed by atoms with Crippen LogP contribution in [0.3, 0.4) is 0 Å². The highest BCUT2D eigenvalue weighted by molar-refractivity contribution is 5.82. The fourth-order valence-corrected chi connectivity index (χ4v) is 4.12. The molecule has 0 radical (unpaired) electrons.